The Morgan fingerprint density at radius 3 is 1.56 bits per heavy atom. The molecular weight excluding hydrogens is 897 g/mol. The van der Waals surface area contributed by atoms with Crippen LogP contribution in [0.2, 0.25) is 10.0 Å². The summed E-state index contributed by atoms with van der Waals surface area (Å²) >= 11 is 12.8. The van der Waals surface area contributed by atoms with Gasteiger partial charge in [-0.3, -0.25) is 9.59 Å². The van der Waals surface area contributed by atoms with E-state index in [2.05, 4.69) is 10.1 Å². The Morgan fingerprint density at radius 1 is 0.712 bits per heavy atom. The van der Waals surface area contributed by atoms with Gasteiger partial charge in [0.1, 0.15) is 11.2 Å². The topological polar surface area (TPSA) is 186 Å². The van der Waals surface area contributed by atoms with Gasteiger partial charge in [-0.15, -0.1) is 0 Å². The fraction of sp³-hybridized carbons (Fsp3) is 0.638. The van der Waals surface area contributed by atoms with Gasteiger partial charge in [0.05, 0.1) is 61.2 Å². The van der Waals surface area contributed by atoms with E-state index in [0.717, 1.165) is 25.7 Å². The molecule has 2 fully saturated rings. The van der Waals surface area contributed by atoms with Crippen molar-refractivity contribution in [3.63, 3.8) is 0 Å². The minimum absolute atomic E-state index is 0.119. The number of rotatable bonds is 13. The second kappa shape index (κ2) is 24.7. The molecule has 2 atom stereocenters. The average molecular weight is 969 g/mol. The molecule has 0 spiro atoms. The molecule has 0 bridgehead atoms. The van der Waals surface area contributed by atoms with Crippen LogP contribution in [0, 0.1) is 0 Å². The predicted octanol–water partition coefficient (Wildman–Crippen LogP) is 9.03. The molecule has 2 aliphatic heterocycles. The lowest BCUT2D eigenvalue weighted by Gasteiger charge is -2.41. The molecule has 17 nitrogen and oxygen atoms in total. The Morgan fingerprint density at radius 2 is 1.15 bits per heavy atom. The van der Waals surface area contributed by atoms with Crippen LogP contribution in [0.5, 0.6) is 23.0 Å². The molecule has 370 valence electrons. The molecule has 0 radical (unpaired) electrons. The molecule has 2 aromatic carbocycles. The van der Waals surface area contributed by atoms with E-state index in [0.29, 0.717) is 50.6 Å². The summed E-state index contributed by atoms with van der Waals surface area (Å²) in [7, 11) is 4.21. The number of benzene rings is 2. The summed E-state index contributed by atoms with van der Waals surface area (Å²) in [5, 5.41) is 13.1. The summed E-state index contributed by atoms with van der Waals surface area (Å²) in [5.74, 6) is 0.276. The first kappa shape index (κ1) is 55.3. The van der Waals surface area contributed by atoms with Gasteiger partial charge in [0, 0.05) is 56.9 Å². The number of methoxy groups -OCH3 is 3. The van der Waals surface area contributed by atoms with Crippen molar-refractivity contribution in [2.75, 3.05) is 60.7 Å². The third-order valence-corrected chi connectivity index (χ3v) is 11.1. The molecule has 0 aromatic heterocycles. The highest BCUT2D eigenvalue weighted by atomic mass is 35.5. The molecule has 0 aliphatic carbocycles. The van der Waals surface area contributed by atoms with E-state index in [1.54, 1.807) is 31.7 Å². The largest absolute Gasteiger partial charge is 0.504 e. The molecule has 2 heterocycles. The van der Waals surface area contributed by atoms with E-state index in [9.17, 15) is 29.1 Å². The summed E-state index contributed by atoms with van der Waals surface area (Å²) in [6.45, 7) is 21.3. The molecule has 5 amide bonds. The maximum absolute atomic E-state index is 13.8. The predicted molar refractivity (Wildman–Crippen MR) is 252 cm³/mol. The van der Waals surface area contributed by atoms with E-state index in [4.69, 9.17) is 46.9 Å². The monoisotopic (exact) mass is 967 g/mol. The molecule has 4 rings (SSSR count). The van der Waals surface area contributed by atoms with Crippen LogP contribution in [0.4, 0.5) is 14.4 Å². The molecule has 2 saturated heterocycles. The third-order valence-electron chi connectivity index (χ3n) is 10.5. The smallest absolute Gasteiger partial charge is 0.410 e. The highest BCUT2D eigenvalue weighted by molar-refractivity contribution is 6.34. The molecule has 66 heavy (non-hydrogen) atoms. The van der Waals surface area contributed by atoms with Crippen molar-refractivity contribution in [3.8, 4) is 23.0 Å². The zero-order valence-electron chi connectivity index (χ0n) is 40.9. The van der Waals surface area contributed by atoms with Crippen LogP contribution in [0.15, 0.2) is 24.3 Å². The first-order valence-corrected chi connectivity index (χ1v) is 23.1. The van der Waals surface area contributed by atoms with Gasteiger partial charge in [0.15, 0.2) is 23.0 Å². The number of halogens is 2. The van der Waals surface area contributed by atoms with Crippen LogP contribution in [0.3, 0.4) is 0 Å². The number of likely N-dealkylation sites (tertiary alicyclic amines) is 2. The molecule has 2 aliphatic rings. The quantitative estimate of drug-likeness (QED) is 0.144. The van der Waals surface area contributed by atoms with Gasteiger partial charge >= 0.3 is 18.3 Å². The lowest BCUT2D eigenvalue weighted by Crippen LogP contribution is -2.54. The molecule has 19 heteroatoms. The van der Waals surface area contributed by atoms with Crippen LogP contribution in [0.1, 0.15) is 122 Å². The van der Waals surface area contributed by atoms with E-state index >= 15 is 0 Å². The Bertz CT molecular complexity index is 1990. The number of hydrogen-bond acceptors (Lipinski definition) is 12. The lowest BCUT2D eigenvalue weighted by molar-refractivity contribution is 0.00724. The lowest BCUT2D eigenvalue weighted by atomic mass is 10.0. The van der Waals surface area contributed by atoms with Crippen LogP contribution in [-0.4, -0.2) is 151 Å². The number of alkyl carbamates (subject to hydrolysis) is 1. The number of phenols is 1. The first-order chi connectivity index (χ1) is 30.8. The average Bonchev–Trinajstić information content (AvgIpc) is 3.23. The highest BCUT2D eigenvalue weighted by Crippen LogP contribution is 2.36. The number of piperidine rings is 2. The maximum atomic E-state index is 13.8. The first-order valence-electron chi connectivity index (χ1n) is 22.3. The molecule has 2 aromatic rings. The van der Waals surface area contributed by atoms with E-state index in [1.807, 2.05) is 69.2 Å². The van der Waals surface area contributed by atoms with E-state index in [-0.39, 0.29) is 87.4 Å². The van der Waals surface area contributed by atoms with Crippen LogP contribution in [0.25, 0.3) is 0 Å². The fourth-order valence-corrected chi connectivity index (χ4v) is 8.10. The van der Waals surface area contributed by atoms with Crippen molar-refractivity contribution in [1.82, 2.24) is 24.9 Å². The minimum atomic E-state index is -0.597. The van der Waals surface area contributed by atoms with Crippen molar-refractivity contribution >= 4 is 53.3 Å². The van der Waals surface area contributed by atoms with Gasteiger partial charge in [-0.1, -0.05) is 23.2 Å². The van der Waals surface area contributed by atoms with Gasteiger partial charge in [-0.05, 0) is 113 Å². The standard InChI is InChI=1S/C26H40ClN3O7.C21H31ClN2O5/c1-17(2)30(18-10-8-12-29(16-18)25(33)37-26(3,4)5)23(31)19-14-22(21(34-6)15-20(19)27)36-13-9-11-28-24(32)35-7;1-13(2)24(19(26)15-10-17(25)18(28-6)11-16(15)22)14-8-7-9-23(12-14)20(27)29-21(3,4)5/h14-15,17-18H,8-13,16H2,1-7H3,(H,28,32);10-11,13-14,25H,7-9,12H2,1-6H3/t18-;14-/m11/s1. The molecule has 0 saturated carbocycles. The summed E-state index contributed by atoms with van der Waals surface area (Å²) in [6, 6.07) is 5.27. The molecular formula is C47H71Cl2N5O12. The van der Waals surface area contributed by atoms with Crippen molar-refractivity contribution in [2.45, 2.75) is 137 Å². The number of nitrogens with zero attached hydrogens (tertiary/aromatic N) is 4. The second-order valence-corrected chi connectivity index (χ2v) is 19.5. The summed E-state index contributed by atoms with van der Waals surface area (Å²) in [4.78, 5) is 70.3. The highest BCUT2D eigenvalue weighted by Gasteiger charge is 2.37. The minimum Gasteiger partial charge on any atom is -0.504 e. The van der Waals surface area contributed by atoms with E-state index < -0.39 is 17.3 Å². The van der Waals surface area contributed by atoms with Crippen molar-refractivity contribution < 1.29 is 57.5 Å². The Kier molecular flexibility index (Phi) is 20.7. The summed E-state index contributed by atoms with van der Waals surface area (Å²) in [6.07, 6.45) is 2.29. The number of nitrogens with one attached hydrogen (secondary N) is 1. The summed E-state index contributed by atoms with van der Waals surface area (Å²) < 4.78 is 31.9. The number of carbonyl (C=O) groups excluding carboxylic acids is 5. The van der Waals surface area contributed by atoms with Crippen LogP contribution >= 0.6 is 23.2 Å². The van der Waals surface area contributed by atoms with Gasteiger partial charge < -0.3 is 58.4 Å². The van der Waals surface area contributed by atoms with Gasteiger partial charge in [-0.25, -0.2) is 14.4 Å². The second-order valence-electron chi connectivity index (χ2n) is 18.7. The Hall–Kier alpha value is -5.03. The zero-order chi connectivity index (χ0) is 49.7. The van der Waals surface area contributed by atoms with Gasteiger partial charge in [0.2, 0.25) is 0 Å². The van der Waals surface area contributed by atoms with Crippen LogP contribution < -0.4 is 19.5 Å². The summed E-state index contributed by atoms with van der Waals surface area (Å²) in [5.41, 5.74) is -0.688. The number of ether oxygens (including phenoxy) is 6. The number of aromatic hydroxyl groups is 1. The number of phenolic OH excluding ortho intramolecular Hbond substituents is 1. The third kappa shape index (κ3) is 16.1. The molecule has 2 N–H and O–H groups in total. The van der Waals surface area contributed by atoms with E-state index in [1.165, 1.54) is 33.5 Å². The fourth-order valence-electron chi connectivity index (χ4n) is 7.63. The van der Waals surface area contributed by atoms with Crippen molar-refractivity contribution in [3.05, 3.63) is 45.4 Å². The van der Waals surface area contributed by atoms with Crippen molar-refractivity contribution in [2.24, 2.45) is 0 Å². The Balaban J connectivity index is 0.000000361. The molecule has 0 unspecified atom stereocenters. The number of amides is 5. The normalized spacial score (nSPS) is 16.4. The van der Waals surface area contributed by atoms with Gasteiger partial charge in [-0.2, -0.15) is 0 Å². The van der Waals surface area contributed by atoms with Crippen molar-refractivity contribution in [1.29, 1.82) is 0 Å². The maximum Gasteiger partial charge on any atom is 0.410 e. The Labute approximate surface area is 400 Å². The number of hydrogen-bond donors (Lipinski definition) is 2. The zero-order valence-corrected chi connectivity index (χ0v) is 42.4. The van der Waals surface area contributed by atoms with Crippen LogP contribution in [-0.2, 0) is 14.2 Å². The van der Waals surface area contributed by atoms with Gasteiger partial charge in [0.25, 0.3) is 11.8 Å². The SMILES string of the molecule is COC(=O)NCCCOc1cc(C(=O)N(C(C)C)[C@@H]2CCCN(C(=O)OC(C)(C)C)C2)c(Cl)cc1OC.COc1cc(Cl)c(C(=O)N(C(C)C)[C@@H]2CCCN(C(=O)OC(C)(C)C)C2)cc1O. The number of carbonyl (C=O) groups is 5.